The van der Waals surface area contributed by atoms with Gasteiger partial charge in [0, 0.05) is 36.4 Å². The molecule has 1 aliphatic carbocycles. The highest BCUT2D eigenvalue weighted by Crippen LogP contribution is 2.32. The summed E-state index contributed by atoms with van der Waals surface area (Å²) in [5.41, 5.74) is 6.48. The molecular formula is C19H28F3N3. The van der Waals surface area contributed by atoms with E-state index < -0.39 is 11.7 Å². The molecule has 3 rings (SSSR count). The molecule has 2 aliphatic rings. The molecule has 0 bridgehead atoms. The van der Waals surface area contributed by atoms with E-state index in [1.165, 1.54) is 25.0 Å². The third-order valence-corrected chi connectivity index (χ3v) is 5.61. The highest BCUT2D eigenvalue weighted by molar-refractivity contribution is 5.49. The van der Waals surface area contributed by atoms with Crippen LogP contribution in [-0.4, -0.2) is 30.7 Å². The van der Waals surface area contributed by atoms with Gasteiger partial charge in [-0.3, -0.25) is 0 Å². The summed E-state index contributed by atoms with van der Waals surface area (Å²) < 4.78 is 38.2. The summed E-state index contributed by atoms with van der Waals surface area (Å²) in [4.78, 5) is 2.19. The van der Waals surface area contributed by atoms with E-state index in [4.69, 9.17) is 5.73 Å². The molecule has 1 aromatic carbocycles. The fourth-order valence-electron chi connectivity index (χ4n) is 4.23. The lowest BCUT2D eigenvalue weighted by Crippen LogP contribution is -2.62. The highest BCUT2D eigenvalue weighted by Gasteiger charge is 2.35. The molecule has 1 aliphatic heterocycles. The molecule has 1 saturated carbocycles. The lowest BCUT2D eigenvalue weighted by Gasteiger charge is -2.46. The van der Waals surface area contributed by atoms with Gasteiger partial charge in [0.1, 0.15) is 0 Å². The molecule has 0 aromatic heterocycles. The first-order valence-electron chi connectivity index (χ1n) is 9.22. The van der Waals surface area contributed by atoms with E-state index in [2.05, 4.69) is 17.1 Å². The van der Waals surface area contributed by atoms with Gasteiger partial charge in [0.15, 0.2) is 0 Å². The second-order valence-corrected chi connectivity index (χ2v) is 7.83. The minimum Gasteiger partial charge on any atom is -0.370 e. The van der Waals surface area contributed by atoms with Gasteiger partial charge in [-0.1, -0.05) is 12.8 Å². The molecule has 1 heterocycles. The number of nitrogens with one attached hydrogen (secondary N) is 1. The Bertz CT molecular complexity index is 572. The van der Waals surface area contributed by atoms with Crippen molar-refractivity contribution in [2.75, 3.05) is 18.0 Å². The van der Waals surface area contributed by atoms with Crippen LogP contribution in [0.4, 0.5) is 18.9 Å². The number of halogens is 3. The quantitative estimate of drug-likeness (QED) is 0.863. The largest absolute Gasteiger partial charge is 0.416 e. The third kappa shape index (κ3) is 4.47. The predicted molar refractivity (Wildman–Crippen MR) is 94.7 cm³/mol. The van der Waals surface area contributed by atoms with Crippen LogP contribution >= 0.6 is 0 Å². The van der Waals surface area contributed by atoms with E-state index in [0.717, 1.165) is 44.5 Å². The van der Waals surface area contributed by atoms with E-state index in [9.17, 15) is 13.2 Å². The van der Waals surface area contributed by atoms with Gasteiger partial charge >= 0.3 is 6.18 Å². The Hall–Kier alpha value is -1.27. The Morgan fingerprint density at radius 3 is 2.44 bits per heavy atom. The maximum atomic E-state index is 12.7. The first-order chi connectivity index (χ1) is 11.8. The van der Waals surface area contributed by atoms with E-state index >= 15 is 0 Å². The number of benzene rings is 1. The van der Waals surface area contributed by atoms with E-state index in [-0.39, 0.29) is 11.6 Å². The van der Waals surface area contributed by atoms with Crippen molar-refractivity contribution in [2.24, 2.45) is 5.73 Å². The third-order valence-electron chi connectivity index (χ3n) is 5.61. The first kappa shape index (κ1) is 18.5. The minimum absolute atomic E-state index is 0.0550. The van der Waals surface area contributed by atoms with Gasteiger partial charge in [0.25, 0.3) is 0 Å². The average Bonchev–Trinajstić information content (AvgIpc) is 2.56. The van der Waals surface area contributed by atoms with Gasteiger partial charge in [0.05, 0.1) is 5.56 Å². The molecule has 3 atom stereocenters. The molecule has 0 spiro atoms. The van der Waals surface area contributed by atoms with Gasteiger partial charge < -0.3 is 16.0 Å². The summed E-state index contributed by atoms with van der Waals surface area (Å²) in [6.07, 6.45) is 2.39. The maximum absolute atomic E-state index is 12.7. The fourth-order valence-corrected chi connectivity index (χ4v) is 4.23. The summed E-state index contributed by atoms with van der Waals surface area (Å²) in [5, 5.41) is 3.77. The Morgan fingerprint density at radius 1 is 1.12 bits per heavy atom. The van der Waals surface area contributed by atoms with Crippen molar-refractivity contribution in [2.45, 2.75) is 69.2 Å². The molecule has 140 valence electrons. The van der Waals surface area contributed by atoms with Crippen LogP contribution in [0.15, 0.2) is 24.3 Å². The predicted octanol–water partition coefficient (Wildman–Crippen LogP) is 3.92. The molecule has 6 heteroatoms. The van der Waals surface area contributed by atoms with Crippen LogP contribution < -0.4 is 16.0 Å². The number of hydrogen-bond donors (Lipinski definition) is 2. The smallest absolute Gasteiger partial charge is 0.370 e. The highest BCUT2D eigenvalue weighted by atomic mass is 19.4. The topological polar surface area (TPSA) is 41.3 Å². The van der Waals surface area contributed by atoms with E-state index in [1.807, 2.05) is 0 Å². The number of hydrogen-bond acceptors (Lipinski definition) is 3. The summed E-state index contributed by atoms with van der Waals surface area (Å²) in [7, 11) is 0. The second-order valence-electron chi connectivity index (χ2n) is 7.83. The van der Waals surface area contributed by atoms with Crippen molar-refractivity contribution in [1.29, 1.82) is 0 Å². The van der Waals surface area contributed by atoms with Crippen molar-refractivity contribution < 1.29 is 13.2 Å². The van der Waals surface area contributed by atoms with Crippen LogP contribution in [0, 0.1) is 0 Å². The molecule has 2 fully saturated rings. The van der Waals surface area contributed by atoms with Crippen LogP contribution in [0.1, 0.15) is 51.0 Å². The van der Waals surface area contributed by atoms with Gasteiger partial charge in [-0.25, -0.2) is 0 Å². The molecule has 0 unspecified atom stereocenters. The maximum Gasteiger partial charge on any atom is 0.416 e. The zero-order valence-corrected chi connectivity index (χ0v) is 14.8. The normalized spacial score (nSPS) is 31.2. The van der Waals surface area contributed by atoms with Crippen molar-refractivity contribution in [3.63, 3.8) is 0 Å². The lowest BCUT2D eigenvalue weighted by atomic mass is 9.85. The first-order valence-corrected chi connectivity index (χ1v) is 9.22. The van der Waals surface area contributed by atoms with Crippen LogP contribution in [0.5, 0.6) is 0 Å². The van der Waals surface area contributed by atoms with Crippen molar-refractivity contribution in [1.82, 2.24) is 5.32 Å². The zero-order valence-electron chi connectivity index (χ0n) is 14.8. The molecule has 25 heavy (non-hydrogen) atoms. The number of piperidine rings is 1. The number of rotatable bonds is 3. The molecular weight excluding hydrogens is 327 g/mol. The summed E-state index contributed by atoms with van der Waals surface area (Å²) >= 11 is 0. The van der Waals surface area contributed by atoms with Crippen LogP contribution in [0.2, 0.25) is 0 Å². The zero-order chi connectivity index (χ0) is 18.1. The number of alkyl halides is 3. The number of nitrogens with two attached hydrogens (primary N) is 1. The SMILES string of the molecule is C[C@]1(N[C@@H]2CCCC[C@H]2N)CCCN(c2ccc(C(F)(F)F)cc2)C1. The molecule has 3 nitrogen and oxygen atoms in total. The van der Waals surface area contributed by atoms with Crippen LogP contribution in [-0.2, 0) is 6.18 Å². The molecule has 0 radical (unpaired) electrons. The lowest BCUT2D eigenvalue weighted by molar-refractivity contribution is -0.137. The minimum atomic E-state index is -4.28. The Labute approximate surface area is 147 Å². The molecule has 3 N–H and O–H groups in total. The van der Waals surface area contributed by atoms with E-state index in [0.29, 0.717) is 6.04 Å². The van der Waals surface area contributed by atoms with Gasteiger partial charge in [-0.05, 0) is 56.9 Å². The second kappa shape index (κ2) is 7.16. The van der Waals surface area contributed by atoms with Crippen LogP contribution in [0.25, 0.3) is 0 Å². The van der Waals surface area contributed by atoms with Crippen LogP contribution in [0.3, 0.4) is 0 Å². The Kier molecular flexibility index (Phi) is 5.30. The number of anilines is 1. The van der Waals surface area contributed by atoms with Crippen molar-refractivity contribution in [3.05, 3.63) is 29.8 Å². The molecule has 1 saturated heterocycles. The number of nitrogens with zero attached hydrogens (tertiary/aromatic N) is 1. The van der Waals surface area contributed by atoms with Gasteiger partial charge in [-0.2, -0.15) is 13.2 Å². The Balaban J connectivity index is 1.67. The molecule has 0 amide bonds. The standard InChI is InChI=1S/C19H28F3N3/c1-18(24-17-6-3-2-5-16(17)23)11-4-12-25(13-18)15-9-7-14(8-10-15)19(20,21)22/h7-10,16-17,24H,2-6,11-13,23H2,1H3/t16-,17-,18+/m1/s1. The van der Waals surface area contributed by atoms with Gasteiger partial charge in [-0.15, -0.1) is 0 Å². The monoisotopic (exact) mass is 355 g/mol. The molecule has 1 aromatic rings. The van der Waals surface area contributed by atoms with E-state index in [1.54, 1.807) is 12.1 Å². The fraction of sp³-hybridized carbons (Fsp3) is 0.684. The summed E-state index contributed by atoms with van der Waals surface area (Å²) in [6, 6.07) is 6.05. The van der Waals surface area contributed by atoms with Crippen molar-refractivity contribution in [3.8, 4) is 0 Å². The summed E-state index contributed by atoms with van der Waals surface area (Å²) in [6.45, 7) is 3.88. The Morgan fingerprint density at radius 2 is 1.80 bits per heavy atom. The van der Waals surface area contributed by atoms with Gasteiger partial charge in [0.2, 0.25) is 0 Å². The van der Waals surface area contributed by atoms with Crippen molar-refractivity contribution >= 4 is 5.69 Å². The average molecular weight is 355 g/mol. The summed E-state index contributed by atoms with van der Waals surface area (Å²) in [5.74, 6) is 0.